The zero-order valence-electron chi connectivity index (χ0n) is 10.2. The number of carboxylic acid groups (broad SMARTS) is 1. The molecule has 1 aromatic rings. The van der Waals surface area contributed by atoms with Gasteiger partial charge in [-0.25, -0.2) is 4.79 Å². The monoisotopic (exact) mass is 327 g/mol. The van der Waals surface area contributed by atoms with E-state index in [2.05, 4.69) is 21.2 Å². The van der Waals surface area contributed by atoms with Crippen LogP contribution < -0.4 is 5.32 Å². The number of carboxylic acids is 1. The van der Waals surface area contributed by atoms with Crippen LogP contribution in [-0.2, 0) is 9.53 Å². The van der Waals surface area contributed by atoms with Gasteiger partial charge in [-0.05, 0) is 40.9 Å². The number of para-hydroxylation sites is 1. The molecular weight excluding hydrogens is 314 g/mol. The standard InChI is InChI=1S/C13H14BrNO4/c14-10-3-1-2-9(13(17)18)11(10)15-12(16)8-4-6-19-7-5-8/h1-3,8H,4-7H2,(H,15,16)(H,17,18). The van der Waals surface area contributed by atoms with Crippen LogP contribution in [0.25, 0.3) is 0 Å². The summed E-state index contributed by atoms with van der Waals surface area (Å²) in [5, 5.41) is 11.8. The molecule has 0 bridgehead atoms. The molecule has 2 N–H and O–H groups in total. The second-order valence-corrected chi connectivity index (χ2v) is 5.20. The normalized spacial score (nSPS) is 16.1. The van der Waals surface area contributed by atoms with E-state index in [1.54, 1.807) is 12.1 Å². The highest BCUT2D eigenvalue weighted by molar-refractivity contribution is 9.10. The topological polar surface area (TPSA) is 75.6 Å². The number of rotatable bonds is 3. The predicted octanol–water partition coefficient (Wildman–Crippen LogP) is 2.51. The van der Waals surface area contributed by atoms with E-state index in [9.17, 15) is 9.59 Å². The van der Waals surface area contributed by atoms with E-state index in [0.717, 1.165) is 0 Å². The van der Waals surface area contributed by atoms with E-state index in [1.807, 2.05) is 0 Å². The Balaban J connectivity index is 2.18. The Morgan fingerprint density at radius 1 is 1.32 bits per heavy atom. The Kier molecular flexibility index (Phi) is 4.55. The summed E-state index contributed by atoms with van der Waals surface area (Å²) < 4.78 is 5.77. The van der Waals surface area contributed by atoms with E-state index in [1.165, 1.54) is 6.07 Å². The first kappa shape index (κ1) is 14.0. The van der Waals surface area contributed by atoms with Crippen molar-refractivity contribution in [3.05, 3.63) is 28.2 Å². The number of hydrogen-bond acceptors (Lipinski definition) is 3. The van der Waals surface area contributed by atoms with Gasteiger partial charge in [0.1, 0.15) is 0 Å². The summed E-state index contributed by atoms with van der Waals surface area (Å²) in [5.41, 5.74) is 0.390. The van der Waals surface area contributed by atoms with E-state index in [-0.39, 0.29) is 17.4 Å². The molecule has 1 fully saturated rings. The molecule has 0 radical (unpaired) electrons. The van der Waals surface area contributed by atoms with Crippen LogP contribution in [0.5, 0.6) is 0 Å². The summed E-state index contributed by atoms with van der Waals surface area (Å²) in [5.74, 6) is -1.34. The summed E-state index contributed by atoms with van der Waals surface area (Å²) in [6.07, 6.45) is 1.33. The summed E-state index contributed by atoms with van der Waals surface area (Å²) in [6.45, 7) is 1.14. The molecule has 0 spiro atoms. The van der Waals surface area contributed by atoms with Crippen molar-refractivity contribution >= 4 is 33.5 Å². The fourth-order valence-electron chi connectivity index (χ4n) is 2.01. The molecule has 19 heavy (non-hydrogen) atoms. The van der Waals surface area contributed by atoms with Crippen LogP contribution in [0.1, 0.15) is 23.2 Å². The van der Waals surface area contributed by atoms with Crippen molar-refractivity contribution in [2.75, 3.05) is 18.5 Å². The highest BCUT2D eigenvalue weighted by Gasteiger charge is 2.23. The van der Waals surface area contributed by atoms with E-state index in [0.29, 0.717) is 36.2 Å². The summed E-state index contributed by atoms with van der Waals surface area (Å²) in [6, 6.07) is 4.79. The van der Waals surface area contributed by atoms with Crippen LogP contribution in [0.4, 0.5) is 5.69 Å². The number of anilines is 1. The maximum Gasteiger partial charge on any atom is 0.337 e. The van der Waals surface area contributed by atoms with Gasteiger partial charge in [0.15, 0.2) is 0 Å². The summed E-state index contributed by atoms with van der Waals surface area (Å²) in [4.78, 5) is 23.3. The third-order valence-electron chi connectivity index (χ3n) is 3.08. The maximum absolute atomic E-state index is 12.1. The number of carbonyl (C=O) groups is 2. The molecule has 1 saturated heterocycles. The SMILES string of the molecule is O=C(O)c1cccc(Br)c1NC(=O)C1CCOCC1. The van der Waals surface area contributed by atoms with Gasteiger partial charge in [0.25, 0.3) is 0 Å². The lowest BCUT2D eigenvalue weighted by Gasteiger charge is -2.22. The van der Waals surface area contributed by atoms with Crippen LogP contribution in [0.15, 0.2) is 22.7 Å². The van der Waals surface area contributed by atoms with Crippen molar-refractivity contribution in [3.63, 3.8) is 0 Å². The number of ether oxygens (including phenoxy) is 1. The van der Waals surface area contributed by atoms with Gasteiger partial charge < -0.3 is 15.2 Å². The lowest BCUT2D eigenvalue weighted by molar-refractivity contribution is -0.122. The Morgan fingerprint density at radius 2 is 2.00 bits per heavy atom. The van der Waals surface area contributed by atoms with Gasteiger partial charge in [-0.15, -0.1) is 0 Å². The molecule has 5 nitrogen and oxygen atoms in total. The van der Waals surface area contributed by atoms with Gasteiger partial charge in [0.05, 0.1) is 11.3 Å². The molecule has 1 aliphatic heterocycles. The quantitative estimate of drug-likeness (QED) is 0.894. The maximum atomic E-state index is 12.1. The van der Waals surface area contributed by atoms with Crippen LogP contribution in [-0.4, -0.2) is 30.2 Å². The van der Waals surface area contributed by atoms with Crippen molar-refractivity contribution in [1.82, 2.24) is 0 Å². The minimum atomic E-state index is -1.07. The molecule has 0 saturated carbocycles. The average Bonchev–Trinajstić information content (AvgIpc) is 2.41. The number of halogens is 1. The van der Waals surface area contributed by atoms with E-state index in [4.69, 9.17) is 9.84 Å². The first-order valence-electron chi connectivity index (χ1n) is 6.00. The number of benzene rings is 1. The average molecular weight is 328 g/mol. The van der Waals surface area contributed by atoms with Crippen LogP contribution in [0, 0.1) is 5.92 Å². The molecule has 6 heteroatoms. The van der Waals surface area contributed by atoms with Crippen molar-refractivity contribution in [2.24, 2.45) is 5.92 Å². The van der Waals surface area contributed by atoms with Gasteiger partial charge in [-0.2, -0.15) is 0 Å². The number of amides is 1. The summed E-state index contributed by atoms with van der Waals surface area (Å²) in [7, 11) is 0. The van der Waals surface area contributed by atoms with Gasteiger partial charge in [-0.1, -0.05) is 6.07 Å². The van der Waals surface area contributed by atoms with Gasteiger partial charge in [0, 0.05) is 23.6 Å². The fraction of sp³-hybridized carbons (Fsp3) is 0.385. The molecule has 0 aliphatic carbocycles. The zero-order chi connectivity index (χ0) is 13.8. The highest BCUT2D eigenvalue weighted by atomic mass is 79.9. The molecule has 1 amide bonds. The van der Waals surface area contributed by atoms with Crippen LogP contribution in [0.2, 0.25) is 0 Å². The lowest BCUT2D eigenvalue weighted by Crippen LogP contribution is -2.29. The smallest absolute Gasteiger partial charge is 0.337 e. The second-order valence-electron chi connectivity index (χ2n) is 4.34. The van der Waals surface area contributed by atoms with Crippen molar-refractivity contribution in [3.8, 4) is 0 Å². The molecular formula is C13H14BrNO4. The van der Waals surface area contributed by atoms with E-state index < -0.39 is 5.97 Å². The van der Waals surface area contributed by atoms with Crippen molar-refractivity contribution in [2.45, 2.75) is 12.8 Å². The molecule has 1 heterocycles. The Morgan fingerprint density at radius 3 is 2.63 bits per heavy atom. The number of nitrogens with one attached hydrogen (secondary N) is 1. The largest absolute Gasteiger partial charge is 0.478 e. The third-order valence-corrected chi connectivity index (χ3v) is 3.75. The lowest BCUT2D eigenvalue weighted by atomic mass is 9.99. The Labute approximate surface area is 119 Å². The minimum Gasteiger partial charge on any atom is -0.478 e. The molecule has 0 atom stereocenters. The van der Waals surface area contributed by atoms with Crippen molar-refractivity contribution < 1.29 is 19.4 Å². The third kappa shape index (κ3) is 3.33. The highest BCUT2D eigenvalue weighted by Crippen LogP contribution is 2.28. The second kappa shape index (κ2) is 6.16. The van der Waals surface area contributed by atoms with Gasteiger partial charge >= 0.3 is 5.97 Å². The Hall–Kier alpha value is -1.40. The fourth-order valence-corrected chi connectivity index (χ4v) is 2.48. The van der Waals surface area contributed by atoms with Crippen molar-refractivity contribution in [1.29, 1.82) is 0 Å². The van der Waals surface area contributed by atoms with Gasteiger partial charge in [-0.3, -0.25) is 4.79 Å². The molecule has 0 unspecified atom stereocenters. The first-order valence-corrected chi connectivity index (χ1v) is 6.79. The van der Waals surface area contributed by atoms with E-state index >= 15 is 0 Å². The first-order chi connectivity index (χ1) is 9.09. The Bertz CT molecular complexity index is 497. The number of aromatic carboxylic acids is 1. The molecule has 102 valence electrons. The summed E-state index contributed by atoms with van der Waals surface area (Å²) >= 11 is 3.27. The zero-order valence-corrected chi connectivity index (χ0v) is 11.8. The molecule has 1 aliphatic rings. The van der Waals surface area contributed by atoms with Crippen LogP contribution >= 0.6 is 15.9 Å². The molecule has 0 aromatic heterocycles. The molecule has 2 rings (SSSR count). The number of hydrogen-bond donors (Lipinski definition) is 2. The van der Waals surface area contributed by atoms with Crippen LogP contribution in [0.3, 0.4) is 0 Å². The minimum absolute atomic E-state index is 0.0785. The number of carbonyl (C=O) groups excluding carboxylic acids is 1. The predicted molar refractivity (Wildman–Crippen MR) is 73.3 cm³/mol. The van der Waals surface area contributed by atoms with Gasteiger partial charge in [0.2, 0.25) is 5.91 Å². The molecule has 1 aromatic carbocycles.